The molecule has 0 aliphatic heterocycles. The van der Waals surface area contributed by atoms with Gasteiger partial charge in [-0.05, 0) is 25.1 Å². The first-order valence-corrected chi connectivity index (χ1v) is 8.20. The summed E-state index contributed by atoms with van der Waals surface area (Å²) in [6.45, 7) is 2.69. The highest BCUT2D eigenvalue weighted by Gasteiger charge is 2.26. The number of carboxylic acid groups (broad SMARTS) is 1. The molecule has 1 rings (SSSR count). The number of halogens is 1. The topological polar surface area (TPSA) is 101 Å². The molecule has 128 valence electrons. The van der Waals surface area contributed by atoms with Crippen LogP contribution in [0, 0.1) is 11.7 Å². The van der Waals surface area contributed by atoms with E-state index in [0.29, 0.717) is 0 Å². The molecule has 9 heteroatoms. The Kier molecular flexibility index (Phi) is 6.22. The molecule has 7 nitrogen and oxygen atoms in total. The van der Waals surface area contributed by atoms with Gasteiger partial charge in [0.05, 0.1) is 23.0 Å². The van der Waals surface area contributed by atoms with Crippen LogP contribution in [0.1, 0.15) is 24.2 Å². The van der Waals surface area contributed by atoms with Crippen molar-refractivity contribution in [3.8, 4) is 0 Å². The van der Waals surface area contributed by atoms with Gasteiger partial charge in [-0.25, -0.2) is 21.9 Å². The first-order valence-electron chi connectivity index (χ1n) is 6.76. The SMILES string of the molecule is CCOC(=O)c1cc(F)cc(S(=O)(=O)N(C)CC(C)C(=O)O)c1. The minimum absolute atomic E-state index is 0.0630. The van der Waals surface area contributed by atoms with Crippen molar-refractivity contribution < 1.29 is 32.2 Å². The molecule has 0 bridgehead atoms. The Bertz CT molecular complexity index is 703. The number of hydrogen-bond acceptors (Lipinski definition) is 5. The zero-order chi connectivity index (χ0) is 17.8. The number of hydrogen-bond donors (Lipinski definition) is 1. The number of esters is 1. The molecule has 0 aliphatic carbocycles. The van der Waals surface area contributed by atoms with Gasteiger partial charge in [0.2, 0.25) is 10.0 Å². The number of aliphatic carboxylic acids is 1. The van der Waals surface area contributed by atoms with Crippen molar-refractivity contribution in [1.82, 2.24) is 4.31 Å². The van der Waals surface area contributed by atoms with Gasteiger partial charge in [-0.2, -0.15) is 0 Å². The quantitative estimate of drug-likeness (QED) is 0.747. The van der Waals surface area contributed by atoms with Crippen molar-refractivity contribution >= 4 is 22.0 Å². The molecule has 23 heavy (non-hydrogen) atoms. The highest BCUT2D eigenvalue weighted by Crippen LogP contribution is 2.19. The van der Waals surface area contributed by atoms with Crippen molar-refractivity contribution in [3.05, 3.63) is 29.6 Å². The number of carboxylic acids is 1. The monoisotopic (exact) mass is 347 g/mol. The van der Waals surface area contributed by atoms with E-state index in [1.807, 2.05) is 0 Å². The predicted molar refractivity (Wildman–Crippen MR) is 79.0 cm³/mol. The first kappa shape index (κ1) is 19.0. The van der Waals surface area contributed by atoms with E-state index in [4.69, 9.17) is 9.84 Å². The Labute approximate surface area is 133 Å². The van der Waals surface area contributed by atoms with Gasteiger partial charge in [0.15, 0.2) is 0 Å². The molecule has 0 aromatic heterocycles. The minimum Gasteiger partial charge on any atom is -0.481 e. The van der Waals surface area contributed by atoms with Gasteiger partial charge in [-0.1, -0.05) is 6.92 Å². The summed E-state index contributed by atoms with van der Waals surface area (Å²) in [6.07, 6.45) is 0. The van der Waals surface area contributed by atoms with Gasteiger partial charge in [0, 0.05) is 13.6 Å². The fourth-order valence-electron chi connectivity index (χ4n) is 1.79. The zero-order valence-electron chi connectivity index (χ0n) is 12.9. The molecular formula is C14H18FNO6S. The molecule has 1 unspecified atom stereocenters. The van der Waals surface area contributed by atoms with Crippen LogP contribution in [0.25, 0.3) is 0 Å². The number of nitrogens with zero attached hydrogens (tertiary/aromatic N) is 1. The summed E-state index contributed by atoms with van der Waals surface area (Å²) < 4.78 is 43.9. The Morgan fingerprint density at radius 2 is 1.96 bits per heavy atom. The van der Waals surface area contributed by atoms with E-state index in [9.17, 15) is 22.4 Å². The summed E-state index contributed by atoms with van der Waals surface area (Å²) in [6, 6.07) is 2.63. The highest BCUT2D eigenvalue weighted by molar-refractivity contribution is 7.89. The molecular weight excluding hydrogens is 329 g/mol. The first-order chi connectivity index (χ1) is 10.6. The molecule has 0 radical (unpaired) electrons. The lowest BCUT2D eigenvalue weighted by Crippen LogP contribution is -2.33. The van der Waals surface area contributed by atoms with Gasteiger partial charge in [0.25, 0.3) is 0 Å². The summed E-state index contributed by atoms with van der Waals surface area (Å²) >= 11 is 0. The van der Waals surface area contributed by atoms with Crippen LogP contribution < -0.4 is 0 Å². The van der Waals surface area contributed by atoms with Gasteiger partial charge >= 0.3 is 11.9 Å². The predicted octanol–water partition coefficient (Wildman–Crippen LogP) is 1.34. The third kappa shape index (κ3) is 4.73. The Hall–Kier alpha value is -2.00. The van der Waals surface area contributed by atoms with Crippen molar-refractivity contribution in [2.45, 2.75) is 18.7 Å². The smallest absolute Gasteiger partial charge is 0.338 e. The van der Waals surface area contributed by atoms with Gasteiger partial charge < -0.3 is 9.84 Å². The standard InChI is InChI=1S/C14H18FNO6S/c1-4-22-14(19)10-5-11(15)7-12(6-10)23(20,21)16(3)8-9(2)13(17)18/h5-7,9H,4,8H2,1-3H3,(H,17,18). The maximum Gasteiger partial charge on any atom is 0.338 e. The van der Waals surface area contributed by atoms with Crippen LogP contribution in [0.5, 0.6) is 0 Å². The van der Waals surface area contributed by atoms with E-state index < -0.39 is 38.6 Å². The molecule has 0 saturated carbocycles. The van der Waals surface area contributed by atoms with E-state index in [0.717, 1.165) is 22.5 Å². The van der Waals surface area contributed by atoms with Gasteiger partial charge in [-0.15, -0.1) is 0 Å². The molecule has 1 atom stereocenters. The Morgan fingerprint density at radius 3 is 2.48 bits per heavy atom. The van der Waals surface area contributed by atoms with Crippen LogP contribution in [0.3, 0.4) is 0 Å². The normalized spacial score (nSPS) is 12.9. The fraction of sp³-hybridized carbons (Fsp3) is 0.429. The fourth-order valence-corrected chi connectivity index (χ4v) is 3.10. The van der Waals surface area contributed by atoms with Gasteiger partial charge in [-0.3, -0.25) is 4.79 Å². The molecule has 1 aromatic rings. The van der Waals surface area contributed by atoms with Crippen molar-refractivity contribution in [3.63, 3.8) is 0 Å². The van der Waals surface area contributed by atoms with Crippen LogP contribution in [-0.2, 0) is 19.6 Å². The summed E-state index contributed by atoms with van der Waals surface area (Å²) in [5.74, 6) is -3.84. The average Bonchev–Trinajstić information content (AvgIpc) is 2.46. The molecule has 0 heterocycles. The second kappa shape index (κ2) is 7.51. The maximum absolute atomic E-state index is 13.6. The van der Waals surface area contributed by atoms with Crippen LogP contribution in [-0.4, -0.2) is 50.0 Å². The van der Waals surface area contributed by atoms with Crippen LogP contribution in [0.4, 0.5) is 4.39 Å². The Balaban J connectivity index is 3.17. The summed E-state index contributed by atoms with van der Waals surface area (Å²) in [5, 5.41) is 8.84. The number of carbonyl (C=O) groups excluding carboxylic acids is 1. The number of sulfonamides is 1. The van der Waals surface area contributed by atoms with Crippen LogP contribution in [0.15, 0.2) is 23.1 Å². The van der Waals surface area contributed by atoms with E-state index in [2.05, 4.69) is 0 Å². The molecule has 0 saturated heterocycles. The minimum atomic E-state index is -4.14. The number of benzene rings is 1. The van der Waals surface area contributed by atoms with E-state index in [1.54, 1.807) is 6.92 Å². The number of carbonyl (C=O) groups is 2. The molecule has 0 fully saturated rings. The van der Waals surface area contributed by atoms with Crippen molar-refractivity contribution in [2.24, 2.45) is 5.92 Å². The lowest BCUT2D eigenvalue weighted by atomic mass is 10.2. The third-order valence-electron chi connectivity index (χ3n) is 3.04. The molecule has 1 N–H and O–H groups in total. The van der Waals surface area contributed by atoms with E-state index in [-0.39, 0.29) is 18.7 Å². The number of ether oxygens (including phenoxy) is 1. The molecule has 1 aromatic carbocycles. The second-order valence-electron chi connectivity index (χ2n) is 4.92. The third-order valence-corrected chi connectivity index (χ3v) is 4.84. The lowest BCUT2D eigenvalue weighted by Gasteiger charge is -2.19. The molecule has 0 amide bonds. The summed E-state index contributed by atoms with van der Waals surface area (Å²) in [7, 11) is -2.95. The van der Waals surface area contributed by atoms with Crippen molar-refractivity contribution in [2.75, 3.05) is 20.2 Å². The summed E-state index contributed by atoms with van der Waals surface area (Å²) in [5.41, 5.74) is -0.231. The summed E-state index contributed by atoms with van der Waals surface area (Å²) in [4.78, 5) is 22.0. The second-order valence-corrected chi connectivity index (χ2v) is 6.97. The van der Waals surface area contributed by atoms with Crippen LogP contribution >= 0.6 is 0 Å². The molecule has 0 spiro atoms. The Morgan fingerprint density at radius 1 is 1.35 bits per heavy atom. The lowest BCUT2D eigenvalue weighted by molar-refractivity contribution is -0.141. The van der Waals surface area contributed by atoms with E-state index >= 15 is 0 Å². The van der Waals surface area contributed by atoms with Gasteiger partial charge in [0.1, 0.15) is 5.82 Å². The van der Waals surface area contributed by atoms with E-state index in [1.165, 1.54) is 14.0 Å². The average molecular weight is 347 g/mol. The largest absolute Gasteiger partial charge is 0.481 e. The highest BCUT2D eigenvalue weighted by atomic mass is 32.2. The molecule has 0 aliphatic rings. The number of rotatable bonds is 7. The van der Waals surface area contributed by atoms with Crippen LogP contribution in [0.2, 0.25) is 0 Å². The maximum atomic E-state index is 13.6. The van der Waals surface area contributed by atoms with Crippen molar-refractivity contribution in [1.29, 1.82) is 0 Å². The zero-order valence-corrected chi connectivity index (χ0v) is 13.8.